The largest absolute Gasteiger partial charge is 0.459 e. The summed E-state index contributed by atoms with van der Waals surface area (Å²) < 4.78 is 10.9. The van der Waals surface area contributed by atoms with Crippen LogP contribution < -0.4 is 5.32 Å². The van der Waals surface area contributed by atoms with Gasteiger partial charge in [-0.2, -0.15) is 0 Å². The molecular weight excluding hydrogens is 416 g/mol. The van der Waals surface area contributed by atoms with Crippen molar-refractivity contribution in [3.63, 3.8) is 0 Å². The molecule has 4 rings (SSSR count). The highest BCUT2D eigenvalue weighted by atomic mass is 32.1. The van der Waals surface area contributed by atoms with E-state index in [9.17, 15) is 9.59 Å². The minimum atomic E-state index is -0.176. The standard InChI is InChI=1S/C22H20N4O4S/c1-2-11-26(14-19-24-25-21(30-19)17-5-3-12-29-17)22(28)15-7-9-16(10-8-15)23-20(27)18-6-4-13-31-18/h3-10,12-13H,2,11,14H2,1H3,(H,23,27). The Morgan fingerprint density at radius 3 is 2.61 bits per heavy atom. The predicted molar refractivity (Wildman–Crippen MR) is 116 cm³/mol. The minimum absolute atomic E-state index is 0.157. The second kappa shape index (κ2) is 9.40. The number of thiophene rings is 1. The molecular formula is C22H20N4O4S. The average Bonchev–Trinajstić information content (AvgIpc) is 3.56. The van der Waals surface area contributed by atoms with Crippen LogP contribution in [0.25, 0.3) is 11.7 Å². The van der Waals surface area contributed by atoms with Gasteiger partial charge < -0.3 is 19.1 Å². The highest BCUT2D eigenvalue weighted by Crippen LogP contribution is 2.20. The first kappa shape index (κ1) is 20.5. The number of aromatic nitrogens is 2. The molecule has 0 saturated carbocycles. The van der Waals surface area contributed by atoms with Crippen LogP contribution in [0.15, 0.2) is 69.0 Å². The molecule has 3 aromatic heterocycles. The van der Waals surface area contributed by atoms with Crippen LogP contribution in [0.3, 0.4) is 0 Å². The number of amides is 2. The molecule has 31 heavy (non-hydrogen) atoms. The number of hydrogen-bond donors (Lipinski definition) is 1. The lowest BCUT2D eigenvalue weighted by atomic mass is 10.1. The van der Waals surface area contributed by atoms with Crippen molar-refractivity contribution in [2.24, 2.45) is 0 Å². The van der Waals surface area contributed by atoms with Gasteiger partial charge in [0.1, 0.15) is 0 Å². The van der Waals surface area contributed by atoms with Gasteiger partial charge >= 0.3 is 0 Å². The molecule has 8 nitrogen and oxygen atoms in total. The molecule has 0 fully saturated rings. The summed E-state index contributed by atoms with van der Waals surface area (Å²) in [5.41, 5.74) is 1.13. The van der Waals surface area contributed by atoms with Gasteiger partial charge in [-0.15, -0.1) is 21.5 Å². The van der Waals surface area contributed by atoms with Gasteiger partial charge in [-0.05, 0) is 54.3 Å². The maximum absolute atomic E-state index is 13.0. The Kier molecular flexibility index (Phi) is 6.23. The van der Waals surface area contributed by atoms with Crippen LogP contribution in [0, 0.1) is 0 Å². The van der Waals surface area contributed by atoms with E-state index in [4.69, 9.17) is 8.83 Å². The summed E-state index contributed by atoms with van der Waals surface area (Å²) >= 11 is 1.37. The number of carbonyl (C=O) groups is 2. The molecule has 9 heteroatoms. The molecule has 0 saturated heterocycles. The Labute approximate surface area is 182 Å². The molecule has 0 spiro atoms. The summed E-state index contributed by atoms with van der Waals surface area (Å²) in [6.07, 6.45) is 2.30. The van der Waals surface area contributed by atoms with Crippen molar-refractivity contribution in [1.82, 2.24) is 15.1 Å². The smallest absolute Gasteiger partial charge is 0.283 e. The third-order valence-corrected chi connectivity index (χ3v) is 5.31. The fourth-order valence-corrected chi connectivity index (χ4v) is 3.60. The maximum atomic E-state index is 13.0. The topological polar surface area (TPSA) is 101 Å². The molecule has 1 aromatic carbocycles. The van der Waals surface area contributed by atoms with Gasteiger partial charge in [-0.1, -0.05) is 13.0 Å². The summed E-state index contributed by atoms with van der Waals surface area (Å²) in [5.74, 6) is 0.747. The van der Waals surface area contributed by atoms with E-state index in [0.29, 0.717) is 34.3 Å². The van der Waals surface area contributed by atoms with Gasteiger partial charge in [0.15, 0.2) is 5.76 Å². The first-order chi connectivity index (χ1) is 15.1. The van der Waals surface area contributed by atoms with Crippen LogP contribution in [-0.2, 0) is 6.54 Å². The molecule has 0 aliphatic heterocycles. The molecule has 3 heterocycles. The minimum Gasteiger partial charge on any atom is -0.459 e. The van der Waals surface area contributed by atoms with E-state index in [0.717, 1.165) is 6.42 Å². The summed E-state index contributed by atoms with van der Waals surface area (Å²) in [7, 11) is 0. The number of carbonyl (C=O) groups excluding carboxylic acids is 2. The van der Waals surface area contributed by atoms with Crippen LogP contribution in [0.2, 0.25) is 0 Å². The molecule has 158 valence electrons. The molecule has 0 bridgehead atoms. The zero-order chi connectivity index (χ0) is 21.6. The SMILES string of the molecule is CCCN(Cc1nnc(-c2ccco2)o1)C(=O)c1ccc(NC(=O)c2cccs2)cc1. The number of furan rings is 1. The lowest BCUT2D eigenvalue weighted by molar-refractivity contribution is 0.0728. The number of benzene rings is 1. The van der Waals surface area contributed by atoms with Crippen LogP contribution in [0.1, 0.15) is 39.3 Å². The molecule has 2 amide bonds. The number of nitrogens with one attached hydrogen (secondary N) is 1. The van der Waals surface area contributed by atoms with E-state index < -0.39 is 0 Å². The highest BCUT2D eigenvalue weighted by Gasteiger charge is 2.20. The fraction of sp³-hybridized carbons (Fsp3) is 0.182. The number of nitrogens with zero attached hydrogens (tertiary/aromatic N) is 3. The van der Waals surface area contributed by atoms with E-state index in [-0.39, 0.29) is 24.2 Å². The second-order valence-electron chi connectivity index (χ2n) is 6.71. The van der Waals surface area contributed by atoms with Crippen LogP contribution >= 0.6 is 11.3 Å². The average molecular weight is 436 g/mol. The van der Waals surface area contributed by atoms with Gasteiger partial charge in [0.2, 0.25) is 5.89 Å². The van der Waals surface area contributed by atoms with Crippen molar-refractivity contribution >= 4 is 28.8 Å². The van der Waals surface area contributed by atoms with E-state index in [1.54, 1.807) is 47.4 Å². The predicted octanol–water partition coefficient (Wildman–Crippen LogP) is 4.70. The molecule has 0 radical (unpaired) electrons. The lowest BCUT2D eigenvalue weighted by Crippen LogP contribution is -2.31. The summed E-state index contributed by atoms with van der Waals surface area (Å²) in [6.45, 7) is 2.72. The Morgan fingerprint density at radius 1 is 1.10 bits per heavy atom. The van der Waals surface area contributed by atoms with Gasteiger partial charge in [-0.25, -0.2) is 0 Å². The zero-order valence-electron chi connectivity index (χ0n) is 16.8. The van der Waals surface area contributed by atoms with E-state index in [1.165, 1.54) is 17.6 Å². The van der Waals surface area contributed by atoms with Gasteiger partial charge in [0, 0.05) is 17.8 Å². The normalized spacial score (nSPS) is 10.7. The van der Waals surface area contributed by atoms with Crippen molar-refractivity contribution in [2.45, 2.75) is 19.9 Å². The van der Waals surface area contributed by atoms with Gasteiger partial charge in [0.25, 0.3) is 17.7 Å². The van der Waals surface area contributed by atoms with E-state index in [1.807, 2.05) is 18.4 Å². The molecule has 0 aliphatic carbocycles. The number of hydrogen-bond acceptors (Lipinski definition) is 7. The maximum Gasteiger partial charge on any atom is 0.283 e. The second-order valence-corrected chi connectivity index (χ2v) is 7.66. The Bertz CT molecular complexity index is 1130. The quantitative estimate of drug-likeness (QED) is 0.430. The molecule has 1 N–H and O–H groups in total. The van der Waals surface area contributed by atoms with Crippen molar-refractivity contribution in [1.29, 1.82) is 0 Å². The van der Waals surface area contributed by atoms with Crippen LogP contribution in [0.5, 0.6) is 0 Å². The summed E-state index contributed by atoms with van der Waals surface area (Å²) in [5, 5.41) is 12.7. The van der Waals surface area contributed by atoms with Crippen molar-refractivity contribution in [2.75, 3.05) is 11.9 Å². The molecule has 4 aromatic rings. The third kappa shape index (κ3) is 4.89. The Morgan fingerprint density at radius 2 is 1.94 bits per heavy atom. The monoisotopic (exact) mass is 436 g/mol. The zero-order valence-corrected chi connectivity index (χ0v) is 17.6. The number of anilines is 1. The number of rotatable bonds is 8. The summed E-state index contributed by atoms with van der Waals surface area (Å²) in [6, 6.07) is 13.9. The van der Waals surface area contributed by atoms with Gasteiger partial charge in [0.05, 0.1) is 17.7 Å². The Balaban J connectivity index is 1.43. The third-order valence-electron chi connectivity index (χ3n) is 4.44. The Hall–Kier alpha value is -3.72. The van der Waals surface area contributed by atoms with Crippen LogP contribution in [-0.4, -0.2) is 33.5 Å². The van der Waals surface area contributed by atoms with Crippen molar-refractivity contribution in [3.8, 4) is 11.7 Å². The van der Waals surface area contributed by atoms with Crippen LogP contribution in [0.4, 0.5) is 5.69 Å². The molecule has 0 atom stereocenters. The molecule has 0 unspecified atom stereocenters. The van der Waals surface area contributed by atoms with E-state index >= 15 is 0 Å². The van der Waals surface area contributed by atoms with Gasteiger partial charge in [-0.3, -0.25) is 9.59 Å². The van der Waals surface area contributed by atoms with E-state index in [2.05, 4.69) is 15.5 Å². The highest BCUT2D eigenvalue weighted by molar-refractivity contribution is 7.12. The fourth-order valence-electron chi connectivity index (χ4n) is 2.98. The first-order valence-electron chi connectivity index (χ1n) is 9.74. The first-order valence-corrected chi connectivity index (χ1v) is 10.6. The molecule has 0 aliphatic rings. The summed E-state index contributed by atoms with van der Waals surface area (Å²) in [4.78, 5) is 27.5. The lowest BCUT2D eigenvalue weighted by Gasteiger charge is -2.20. The van der Waals surface area contributed by atoms with Crippen molar-refractivity contribution < 1.29 is 18.4 Å². The van der Waals surface area contributed by atoms with Crippen molar-refractivity contribution in [3.05, 3.63) is 76.5 Å².